The number of nitrogens with one attached hydrogen (secondary N) is 3. The van der Waals surface area contributed by atoms with E-state index in [9.17, 15) is 4.79 Å². The molecule has 3 heterocycles. The zero-order valence-electron chi connectivity index (χ0n) is 13.3. The summed E-state index contributed by atoms with van der Waals surface area (Å²) in [6, 6.07) is 7.60. The van der Waals surface area contributed by atoms with Gasteiger partial charge >= 0.3 is 0 Å². The SMILES string of the molecule is Cc1ccc2[nH]ncc2c1NC(=O)c1cnc(Nc2cccnc2)s1. The van der Waals surface area contributed by atoms with Crippen LogP contribution in [0.4, 0.5) is 16.5 Å². The van der Waals surface area contributed by atoms with Crippen molar-refractivity contribution in [3.8, 4) is 0 Å². The fraction of sp³-hybridized carbons (Fsp3) is 0.0588. The number of aromatic amines is 1. The fourth-order valence-corrected chi connectivity index (χ4v) is 3.20. The Balaban J connectivity index is 1.55. The summed E-state index contributed by atoms with van der Waals surface area (Å²) in [6.45, 7) is 1.95. The standard InChI is InChI=1S/C17H14N6OS/c1-10-4-5-13-12(8-20-23-13)15(10)22-16(24)14-9-19-17(25-14)21-11-3-2-6-18-7-11/h2-9H,1H3,(H,19,21)(H,20,23)(H,22,24). The van der Waals surface area contributed by atoms with Gasteiger partial charge in [0, 0.05) is 11.6 Å². The number of pyridine rings is 1. The maximum Gasteiger partial charge on any atom is 0.267 e. The summed E-state index contributed by atoms with van der Waals surface area (Å²) >= 11 is 1.28. The molecule has 1 aromatic carbocycles. The first kappa shape index (κ1) is 15.3. The molecule has 8 heteroatoms. The lowest BCUT2D eigenvalue weighted by Gasteiger charge is -2.08. The Morgan fingerprint density at radius 2 is 2.12 bits per heavy atom. The average molecular weight is 350 g/mol. The molecule has 3 aromatic heterocycles. The summed E-state index contributed by atoms with van der Waals surface area (Å²) in [5, 5.41) is 14.5. The van der Waals surface area contributed by atoms with Crippen LogP contribution in [0.1, 0.15) is 15.2 Å². The third kappa shape index (κ3) is 3.07. The highest BCUT2D eigenvalue weighted by Crippen LogP contribution is 2.28. The molecule has 0 radical (unpaired) electrons. The highest BCUT2D eigenvalue weighted by molar-refractivity contribution is 7.17. The first-order valence-corrected chi connectivity index (χ1v) is 8.39. The second kappa shape index (κ2) is 6.33. The van der Waals surface area contributed by atoms with E-state index < -0.39 is 0 Å². The number of benzene rings is 1. The van der Waals surface area contributed by atoms with Gasteiger partial charge in [-0.2, -0.15) is 5.10 Å². The minimum absolute atomic E-state index is 0.200. The first-order valence-electron chi connectivity index (χ1n) is 7.57. The van der Waals surface area contributed by atoms with Gasteiger partial charge in [-0.3, -0.25) is 14.9 Å². The molecule has 0 aliphatic rings. The van der Waals surface area contributed by atoms with Crippen molar-refractivity contribution in [1.29, 1.82) is 0 Å². The second-order valence-electron chi connectivity index (χ2n) is 5.44. The van der Waals surface area contributed by atoms with E-state index in [2.05, 4.69) is 30.8 Å². The molecule has 25 heavy (non-hydrogen) atoms. The van der Waals surface area contributed by atoms with Gasteiger partial charge in [0.05, 0.1) is 35.5 Å². The number of hydrogen-bond donors (Lipinski definition) is 3. The number of carbonyl (C=O) groups is 1. The molecule has 0 bridgehead atoms. The van der Waals surface area contributed by atoms with Crippen molar-refractivity contribution in [2.24, 2.45) is 0 Å². The number of nitrogens with zero attached hydrogens (tertiary/aromatic N) is 3. The largest absolute Gasteiger partial charge is 0.330 e. The lowest BCUT2D eigenvalue weighted by Crippen LogP contribution is -2.11. The summed E-state index contributed by atoms with van der Waals surface area (Å²) in [5.41, 5.74) is 3.43. The Bertz CT molecular complexity index is 1040. The van der Waals surface area contributed by atoms with Gasteiger partial charge in [0.25, 0.3) is 5.91 Å². The molecular formula is C17H14N6OS. The van der Waals surface area contributed by atoms with Crippen LogP contribution in [0.5, 0.6) is 0 Å². The molecule has 0 fully saturated rings. The molecule has 0 saturated carbocycles. The summed E-state index contributed by atoms with van der Waals surface area (Å²) in [6.07, 6.45) is 6.67. The van der Waals surface area contributed by atoms with E-state index in [1.165, 1.54) is 11.3 Å². The predicted molar refractivity (Wildman–Crippen MR) is 98.4 cm³/mol. The van der Waals surface area contributed by atoms with Gasteiger partial charge in [0.15, 0.2) is 5.13 Å². The third-order valence-electron chi connectivity index (χ3n) is 3.71. The summed E-state index contributed by atoms with van der Waals surface area (Å²) < 4.78 is 0. The number of carbonyl (C=O) groups excluding carboxylic acids is 1. The number of amides is 1. The lowest BCUT2D eigenvalue weighted by molar-refractivity contribution is 0.103. The number of H-pyrrole nitrogens is 1. The molecule has 0 aliphatic heterocycles. The number of fused-ring (bicyclic) bond motifs is 1. The summed E-state index contributed by atoms with van der Waals surface area (Å²) in [4.78, 5) is 21.4. The van der Waals surface area contributed by atoms with Gasteiger partial charge < -0.3 is 10.6 Å². The minimum Gasteiger partial charge on any atom is -0.330 e. The van der Waals surface area contributed by atoms with Crippen LogP contribution in [-0.4, -0.2) is 26.1 Å². The van der Waals surface area contributed by atoms with Crippen molar-refractivity contribution < 1.29 is 4.79 Å². The van der Waals surface area contributed by atoms with Crippen LogP contribution in [0, 0.1) is 6.92 Å². The number of aromatic nitrogens is 4. The molecule has 0 spiro atoms. The Morgan fingerprint density at radius 3 is 2.96 bits per heavy atom. The Morgan fingerprint density at radius 1 is 1.20 bits per heavy atom. The van der Waals surface area contributed by atoms with Gasteiger partial charge in [-0.25, -0.2) is 4.98 Å². The smallest absolute Gasteiger partial charge is 0.267 e. The number of hydrogen-bond acceptors (Lipinski definition) is 6. The Hall–Kier alpha value is -3.26. The van der Waals surface area contributed by atoms with Crippen LogP contribution in [0.3, 0.4) is 0 Å². The molecule has 124 valence electrons. The molecule has 4 aromatic rings. The molecule has 4 rings (SSSR count). The van der Waals surface area contributed by atoms with Crippen molar-refractivity contribution in [3.05, 3.63) is 59.5 Å². The highest BCUT2D eigenvalue weighted by atomic mass is 32.1. The van der Waals surface area contributed by atoms with E-state index in [0.717, 1.165) is 27.8 Å². The topological polar surface area (TPSA) is 95.6 Å². The summed E-state index contributed by atoms with van der Waals surface area (Å²) in [5.74, 6) is -0.200. The molecular weight excluding hydrogens is 336 g/mol. The monoisotopic (exact) mass is 350 g/mol. The molecule has 0 aliphatic carbocycles. The third-order valence-corrected chi connectivity index (χ3v) is 4.62. The minimum atomic E-state index is -0.200. The van der Waals surface area contributed by atoms with Crippen LogP contribution in [0.15, 0.2) is 49.1 Å². The highest BCUT2D eigenvalue weighted by Gasteiger charge is 2.14. The quantitative estimate of drug-likeness (QED) is 0.521. The zero-order valence-corrected chi connectivity index (χ0v) is 14.1. The van der Waals surface area contributed by atoms with E-state index in [4.69, 9.17) is 0 Å². The average Bonchev–Trinajstić information content (AvgIpc) is 3.27. The number of thiazole rings is 1. The van der Waals surface area contributed by atoms with E-state index in [-0.39, 0.29) is 5.91 Å². The van der Waals surface area contributed by atoms with Crippen LogP contribution in [0.2, 0.25) is 0 Å². The van der Waals surface area contributed by atoms with Crippen molar-refractivity contribution in [1.82, 2.24) is 20.2 Å². The number of anilines is 3. The normalized spacial score (nSPS) is 10.8. The lowest BCUT2D eigenvalue weighted by atomic mass is 10.1. The Labute approximate surface area is 147 Å². The number of rotatable bonds is 4. The second-order valence-corrected chi connectivity index (χ2v) is 6.47. The predicted octanol–water partition coefficient (Wildman–Crippen LogP) is 3.72. The maximum absolute atomic E-state index is 12.6. The molecule has 0 atom stereocenters. The van der Waals surface area contributed by atoms with Crippen LogP contribution in [0.25, 0.3) is 10.9 Å². The van der Waals surface area contributed by atoms with Crippen molar-refractivity contribution in [3.63, 3.8) is 0 Å². The fourth-order valence-electron chi connectivity index (χ4n) is 2.46. The Kier molecular flexibility index (Phi) is 3.87. The van der Waals surface area contributed by atoms with Gasteiger partial charge in [0.2, 0.25) is 0 Å². The summed E-state index contributed by atoms with van der Waals surface area (Å²) in [7, 11) is 0. The van der Waals surface area contributed by atoms with E-state index in [1.54, 1.807) is 24.8 Å². The van der Waals surface area contributed by atoms with Crippen LogP contribution < -0.4 is 10.6 Å². The van der Waals surface area contributed by atoms with Crippen molar-refractivity contribution in [2.45, 2.75) is 6.92 Å². The van der Waals surface area contributed by atoms with Gasteiger partial charge in [0.1, 0.15) is 4.88 Å². The number of aryl methyl sites for hydroxylation is 1. The first-order chi connectivity index (χ1) is 12.2. The van der Waals surface area contributed by atoms with E-state index in [0.29, 0.717) is 10.0 Å². The molecule has 3 N–H and O–H groups in total. The molecule has 0 unspecified atom stereocenters. The molecule has 0 saturated heterocycles. The molecule has 1 amide bonds. The van der Waals surface area contributed by atoms with Crippen LogP contribution in [-0.2, 0) is 0 Å². The zero-order chi connectivity index (χ0) is 17.2. The van der Waals surface area contributed by atoms with Crippen molar-refractivity contribution in [2.75, 3.05) is 10.6 Å². The molecule has 7 nitrogen and oxygen atoms in total. The maximum atomic E-state index is 12.6. The van der Waals surface area contributed by atoms with Gasteiger partial charge in [-0.1, -0.05) is 17.4 Å². The van der Waals surface area contributed by atoms with E-state index >= 15 is 0 Å². The van der Waals surface area contributed by atoms with Gasteiger partial charge in [-0.15, -0.1) is 0 Å². The van der Waals surface area contributed by atoms with E-state index in [1.807, 2.05) is 31.2 Å². The van der Waals surface area contributed by atoms with Crippen LogP contribution >= 0.6 is 11.3 Å². The van der Waals surface area contributed by atoms with Crippen molar-refractivity contribution >= 4 is 44.7 Å². The van der Waals surface area contributed by atoms with Gasteiger partial charge in [-0.05, 0) is 30.7 Å².